The highest BCUT2D eigenvalue weighted by Crippen LogP contribution is 2.13. The van der Waals surface area contributed by atoms with Crippen LogP contribution in [0, 0.1) is 0 Å². The van der Waals surface area contributed by atoms with Crippen LogP contribution in [0.3, 0.4) is 0 Å². The number of aromatic nitrogens is 4. The molecule has 0 saturated heterocycles. The number of carbonyl (C=O) groups excluding carboxylic acids is 1. The van der Waals surface area contributed by atoms with Gasteiger partial charge in [0.05, 0.1) is 6.61 Å². The lowest BCUT2D eigenvalue weighted by molar-refractivity contribution is -0.125. The Labute approximate surface area is 116 Å². The Morgan fingerprint density at radius 3 is 2.70 bits per heavy atom. The number of hydrogen-bond donors (Lipinski definition) is 2. The van der Waals surface area contributed by atoms with E-state index in [4.69, 9.17) is 5.11 Å². The van der Waals surface area contributed by atoms with Gasteiger partial charge in [0.25, 0.3) is 0 Å². The summed E-state index contributed by atoms with van der Waals surface area (Å²) in [4.78, 5) is 13.2. The molecule has 1 amide bonds. The molecule has 20 heavy (non-hydrogen) atoms. The van der Waals surface area contributed by atoms with Crippen LogP contribution in [0.5, 0.6) is 0 Å². The second kappa shape index (κ2) is 6.25. The maximum Gasteiger partial charge on any atom is 0.246 e. The minimum Gasteiger partial charge on any atom is -0.394 e. The zero-order chi connectivity index (χ0) is 14.5. The van der Waals surface area contributed by atoms with E-state index in [-0.39, 0.29) is 18.6 Å². The third-order valence-electron chi connectivity index (χ3n) is 2.85. The predicted octanol–water partition coefficient (Wildman–Crippen LogP) is 0.398. The number of hydrogen-bond acceptors (Lipinski definition) is 5. The molecular weight excluding hydrogens is 258 g/mol. The summed E-state index contributed by atoms with van der Waals surface area (Å²) in [5.74, 6) is 0.212. The minimum atomic E-state index is -0.589. The van der Waals surface area contributed by atoms with Gasteiger partial charge in [-0.1, -0.05) is 30.3 Å². The van der Waals surface area contributed by atoms with Gasteiger partial charge in [-0.25, -0.2) is 0 Å². The molecule has 1 aromatic heterocycles. The lowest BCUT2D eigenvalue weighted by Crippen LogP contribution is -2.39. The zero-order valence-corrected chi connectivity index (χ0v) is 11.4. The third kappa shape index (κ3) is 3.18. The summed E-state index contributed by atoms with van der Waals surface area (Å²) in [6, 6.07) is 8.53. The van der Waals surface area contributed by atoms with Crippen LogP contribution in [0.4, 0.5) is 0 Å². The number of tetrazole rings is 1. The fourth-order valence-electron chi connectivity index (χ4n) is 1.61. The Morgan fingerprint density at radius 1 is 1.35 bits per heavy atom. The van der Waals surface area contributed by atoms with Gasteiger partial charge in [0.2, 0.25) is 11.7 Å². The summed E-state index contributed by atoms with van der Waals surface area (Å²) in [5.41, 5.74) is 0.843. The van der Waals surface area contributed by atoms with Crippen LogP contribution in [-0.2, 0) is 4.79 Å². The Balaban J connectivity index is 2.10. The summed E-state index contributed by atoms with van der Waals surface area (Å²) in [6.45, 7) is 3.28. The molecule has 0 fully saturated rings. The summed E-state index contributed by atoms with van der Waals surface area (Å²) in [7, 11) is 0. The predicted molar refractivity (Wildman–Crippen MR) is 72.7 cm³/mol. The van der Waals surface area contributed by atoms with E-state index in [0.29, 0.717) is 5.82 Å². The summed E-state index contributed by atoms with van der Waals surface area (Å²) < 4.78 is 0. The molecule has 2 rings (SSSR count). The maximum absolute atomic E-state index is 11.9. The van der Waals surface area contributed by atoms with E-state index in [0.717, 1.165) is 5.56 Å². The molecule has 2 aromatic rings. The first-order valence-corrected chi connectivity index (χ1v) is 6.38. The molecule has 7 heteroatoms. The van der Waals surface area contributed by atoms with Crippen molar-refractivity contribution in [2.45, 2.75) is 25.9 Å². The largest absolute Gasteiger partial charge is 0.394 e. The zero-order valence-electron chi connectivity index (χ0n) is 11.4. The third-order valence-corrected chi connectivity index (χ3v) is 2.85. The van der Waals surface area contributed by atoms with Gasteiger partial charge in [0.15, 0.2) is 0 Å². The fourth-order valence-corrected chi connectivity index (χ4v) is 1.61. The van der Waals surface area contributed by atoms with Crippen molar-refractivity contribution in [2.75, 3.05) is 6.61 Å². The van der Waals surface area contributed by atoms with E-state index in [9.17, 15) is 4.79 Å². The van der Waals surface area contributed by atoms with Crippen molar-refractivity contribution in [3.8, 4) is 11.4 Å². The molecule has 0 radical (unpaired) electrons. The molecule has 7 nitrogen and oxygen atoms in total. The van der Waals surface area contributed by atoms with Crippen LogP contribution in [0.1, 0.15) is 19.9 Å². The van der Waals surface area contributed by atoms with Gasteiger partial charge in [0, 0.05) is 11.6 Å². The van der Waals surface area contributed by atoms with E-state index in [1.165, 1.54) is 4.80 Å². The standard InChI is InChI=1S/C13H17N5O2/c1-9(8-19)14-13(20)10(2)18-16-12(15-17-18)11-6-4-3-5-7-11/h3-7,9-10,19H,8H2,1-2H3,(H,14,20). The lowest BCUT2D eigenvalue weighted by atomic mass is 10.2. The topological polar surface area (TPSA) is 92.9 Å². The molecule has 2 N–H and O–H groups in total. The lowest BCUT2D eigenvalue weighted by Gasteiger charge is -2.14. The minimum absolute atomic E-state index is 0.113. The summed E-state index contributed by atoms with van der Waals surface area (Å²) in [6.07, 6.45) is 0. The molecule has 0 spiro atoms. The monoisotopic (exact) mass is 275 g/mol. The van der Waals surface area contributed by atoms with Gasteiger partial charge < -0.3 is 10.4 Å². The van der Waals surface area contributed by atoms with Gasteiger partial charge in [-0.3, -0.25) is 4.79 Å². The smallest absolute Gasteiger partial charge is 0.246 e. The van der Waals surface area contributed by atoms with Gasteiger partial charge in [-0.2, -0.15) is 4.80 Å². The number of carbonyl (C=O) groups is 1. The van der Waals surface area contributed by atoms with E-state index in [1.807, 2.05) is 30.3 Å². The van der Waals surface area contributed by atoms with Gasteiger partial charge >= 0.3 is 0 Å². The second-order valence-electron chi connectivity index (χ2n) is 4.57. The maximum atomic E-state index is 11.9. The van der Waals surface area contributed by atoms with Crippen molar-refractivity contribution in [3.05, 3.63) is 30.3 Å². The molecule has 1 heterocycles. The number of nitrogens with zero attached hydrogens (tertiary/aromatic N) is 4. The van der Waals surface area contributed by atoms with Crippen molar-refractivity contribution in [1.82, 2.24) is 25.5 Å². The normalized spacial score (nSPS) is 13.8. The first-order chi connectivity index (χ1) is 9.61. The van der Waals surface area contributed by atoms with Crippen LogP contribution in [0.15, 0.2) is 30.3 Å². The van der Waals surface area contributed by atoms with E-state index < -0.39 is 6.04 Å². The van der Waals surface area contributed by atoms with E-state index in [2.05, 4.69) is 20.7 Å². The molecule has 0 bridgehead atoms. The molecule has 0 aliphatic heterocycles. The molecular formula is C13H17N5O2. The average molecular weight is 275 g/mol. The first-order valence-electron chi connectivity index (χ1n) is 6.38. The molecule has 0 aliphatic carbocycles. The van der Waals surface area contributed by atoms with E-state index in [1.54, 1.807) is 13.8 Å². The Bertz CT molecular complexity index is 569. The number of amides is 1. The SMILES string of the molecule is CC(CO)NC(=O)C(C)n1nnc(-c2ccccc2)n1. The number of benzene rings is 1. The van der Waals surface area contributed by atoms with Gasteiger partial charge in [-0.15, -0.1) is 10.2 Å². The van der Waals surface area contributed by atoms with Crippen LogP contribution in [0.2, 0.25) is 0 Å². The van der Waals surface area contributed by atoms with Crippen molar-refractivity contribution in [3.63, 3.8) is 0 Å². The van der Waals surface area contributed by atoms with Crippen LogP contribution in [-0.4, -0.2) is 43.9 Å². The quantitative estimate of drug-likeness (QED) is 0.824. The van der Waals surface area contributed by atoms with Crippen molar-refractivity contribution in [2.24, 2.45) is 0 Å². The highest BCUT2D eigenvalue weighted by molar-refractivity contribution is 5.79. The number of rotatable bonds is 5. The molecule has 1 aromatic carbocycles. The molecule has 106 valence electrons. The van der Waals surface area contributed by atoms with Crippen LogP contribution < -0.4 is 5.32 Å². The molecule has 2 atom stereocenters. The number of nitrogens with one attached hydrogen (secondary N) is 1. The van der Waals surface area contributed by atoms with Crippen molar-refractivity contribution >= 4 is 5.91 Å². The second-order valence-corrected chi connectivity index (χ2v) is 4.57. The van der Waals surface area contributed by atoms with Crippen LogP contribution in [0.25, 0.3) is 11.4 Å². The summed E-state index contributed by atoms with van der Waals surface area (Å²) >= 11 is 0. The van der Waals surface area contributed by atoms with Crippen molar-refractivity contribution < 1.29 is 9.90 Å². The highest BCUT2D eigenvalue weighted by Gasteiger charge is 2.19. The van der Waals surface area contributed by atoms with Crippen molar-refractivity contribution in [1.29, 1.82) is 0 Å². The molecule has 0 aliphatic rings. The van der Waals surface area contributed by atoms with Crippen LogP contribution >= 0.6 is 0 Å². The fraction of sp³-hybridized carbons (Fsp3) is 0.385. The molecule has 0 saturated carbocycles. The number of aliphatic hydroxyl groups excluding tert-OH is 1. The Kier molecular flexibility index (Phi) is 4.41. The average Bonchev–Trinajstić information content (AvgIpc) is 2.97. The van der Waals surface area contributed by atoms with Gasteiger partial charge in [-0.05, 0) is 19.1 Å². The molecule has 2 unspecified atom stereocenters. The van der Waals surface area contributed by atoms with E-state index >= 15 is 0 Å². The van der Waals surface area contributed by atoms with Gasteiger partial charge in [0.1, 0.15) is 6.04 Å². The summed E-state index contributed by atoms with van der Waals surface area (Å²) in [5, 5.41) is 23.6. The first kappa shape index (κ1) is 14.1. The Hall–Kier alpha value is -2.28. The highest BCUT2D eigenvalue weighted by atomic mass is 16.3. The Morgan fingerprint density at radius 2 is 2.05 bits per heavy atom. The number of aliphatic hydroxyl groups is 1.